The molecule has 3 nitrogen and oxygen atoms in total. The van der Waals surface area contributed by atoms with Crippen LogP contribution in [0.15, 0.2) is 60.7 Å². The third-order valence-electron chi connectivity index (χ3n) is 4.95. The molecule has 2 heterocycles. The van der Waals surface area contributed by atoms with E-state index in [1.165, 1.54) is 10.8 Å². The number of rotatable bonds is 0. The summed E-state index contributed by atoms with van der Waals surface area (Å²) < 4.78 is 1.16. The van der Waals surface area contributed by atoms with Gasteiger partial charge in [-0.3, -0.25) is 0 Å². The Morgan fingerprint density at radius 1 is 0.577 bits per heavy atom. The zero-order valence-corrected chi connectivity index (χ0v) is 14.8. The second kappa shape index (κ2) is 4.96. The molecule has 122 valence electrons. The van der Waals surface area contributed by atoms with E-state index in [1.807, 2.05) is 6.92 Å². The first-order valence-electron chi connectivity index (χ1n) is 8.57. The van der Waals surface area contributed by atoms with Crippen LogP contribution in [-0.4, -0.2) is 15.0 Å². The van der Waals surface area contributed by atoms with Crippen LogP contribution in [0.5, 0.6) is 0 Å². The van der Waals surface area contributed by atoms with Gasteiger partial charge in [-0.15, -0.1) is 11.3 Å². The summed E-state index contributed by atoms with van der Waals surface area (Å²) >= 11 is 1.70. The Bertz CT molecular complexity index is 1500. The Hall–Kier alpha value is -3.11. The van der Waals surface area contributed by atoms with Crippen LogP contribution in [0.1, 0.15) is 5.01 Å². The first-order chi connectivity index (χ1) is 12.8. The highest BCUT2D eigenvalue weighted by molar-refractivity contribution is 7.18. The average molecular weight is 351 g/mol. The van der Waals surface area contributed by atoms with Crippen molar-refractivity contribution >= 4 is 65.2 Å². The Labute approximate surface area is 153 Å². The highest BCUT2D eigenvalue weighted by atomic mass is 32.1. The molecule has 26 heavy (non-hydrogen) atoms. The third-order valence-corrected chi connectivity index (χ3v) is 5.89. The van der Waals surface area contributed by atoms with E-state index >= 15 is 0 Å². The summed E-state index contributed by atoms with van der Waals surface area (Å²) in [7, 11) is 0. The summed E-state index contributed by atoms with van der Waals surface area (Å²) in [5, 5.41) is 5.77. The summed E-state index contributed by atoms with van der Waals surface area (Å²) in [4.78, 5) is 14.8. The molecular formula is C22H13N3S. The van der Waals surface area contributed by atoms with Crippen LogP contribution in [0.2, 0.25) is 0 Å². The molecule has 0 fully saturated rings. The minimum atomic E-state index is 0.889. The highest BCUT2D eigenvalue weighted by Gasteiger charge is 2.14. The average Bonchev–Trinajstić information content (AvgIpc) is 3.08. The van der Waals surface area contributed by atoms with Gasteiger partial charge in [-0.05, 0) is 29.8 Å². The summed E-state index contributed by atoms with van der Waals surface area (Å²) in [6, 6.07) is 21.1. The van der Waals surface area contributed by atoms with Crippen LogP contribution in [0, 0.1) is 6.92 Å². The molecule has 0 aliphatic rings. The molecule has 0 N–H and O–H groups in total. The Balaban J connectivity index is 1.94. The van der Waals surface area contributed by atoms with Gasteiger partial charge < -0.3 is 0 Å². The largest absolute Gasteiger partial charge is 0.244 e. The molecule has 0 aliphatic carbocycles. The number of hydrogen-bond donors (Lipinski definition) is 0. The zero-order valence-electron chi connectivity index (χ0n) is 14.0. The van der Waals surface area contributed by atoms with Gasteiger partial charge in [0.05, 0.1) is 26.3 Å². The fraction of sp³-hybridized carbons (Fsp3) is 0.0455. The SMILES string of the molecule is Cc1nc2c(ccc3nc4c5ccccc5c5ccccc5c4nc32)s1. The molecule has 0 unspecified atom stereocenters. The van der Waals surface area contributed by atoms with Crippen LogP contribution in [0.3, 0.4) is 0 Å². The Kier molecular flexibility index (Phi) is 2.69. The van der Waals surface area contributed by atoms with Crippen molar-refractivity contribution in [3.63, 3.8) is 0 Å². The Morgan fingerprint density at radius 3 is 1.88 bits per heavy atom. The summed E-state index contributed by atoms with van der Waals surface area (Å²) in [6.07, 6.45) is 0. The van der Waals surface area contributed by atoms with Crippen molar-refractivity contribution in [2.45, 2.75) is 6.92 Å². The van der Waals surface area contributed by atoms with Crippen LogP contribution in [-0.2, 0) is 0 Å². The van der Waals surface area contributed by atoms with Gasteiger partial charge in [0, 0.05) is 10.8 Å². The quantitative estimate of drug-likeness (QED) is 0.248. The van der Waals surface area contributed by atoms with Crippen molar-refractivity contribution < 1.29 is 0 Å². The van der Waals surface area contributed by atoms with Gasteiger partial charge in [-0.1, -0.05) is 48.5 Å². The lowest BCUT2D eigenvalue weighted by atomic mass is 9.99. The number of hydrogen-bond acceptors (Lipinski definition) is 4. The molecule has 0 radical (unpaired) electrons. The second-order valence-corrected chi connectivity index (χ2v) is 7.76. The van der Waals surface area contributed by atoms with Gasteiger partial charge in [0.2, 0.25) is 0 Å². The van der Waals surface area contributed by atoms with E-state index in [2.05, 4.69) is 60.7 Å². The molecule has 4 aromatic carbocycles. The predicted molar refractivity (Wildman–Crippen MR) is 110 cm³/mol. The lowest BCUT2D eigenvalue weighted by molar-refractivity contribution is 1.34. The van der Waals surface area contributed by atoms with Crippen molar-refractivity contribution in [2.24, 2.45) is 0 Å². The van der Waals surface area contributed by atoms with E-state index in [1.54, 1.807) is 11.3 Å². The monoisotopic (exact) mass is 351 g/mol. The molecule has 6 aromatic rings. The van der Waals surface area contributed by atoms with E-state index < -0.39 is 0 Å². The molecule has 0 saturated carbocycles. The fourth-order valence-corrected chi connectivity index (χ4v) is 4.67. The number of aromatic nitrogens is 3. The molecular weight excluding hydrogens is 338 g/mol. The number of benzene rings is 4. The van der Waals surface area contributed by atoms with Crippen molar-refractivity contribution in [3.05, 3.63) is 65.7 Å². The van der Waals surface area contributed by atoms with Gasteiger partial charge in [0.1, 0.15) is 11.0 Å². The lowest BCUT2D eigenvalue weighted by Gasteiger charge is -2.10. The first-order valence-corrected chi connectivity index (χ1v) is 9.38. The van der Waals surface area contributed by atoms with Crippen molar-refractivity contribution in [2.75, 3.05) is 0 Å². The second-order valence-electron chi connectivity index (χ2n) is 6.52. The zero-order chi connectivity index (χ0) is 17.3. The van der Waals surface area contributed by atoms with Crippen LogP contribution in [0.25, 0.3) is 53.8 Å². The van der Waals surface area contributed by atoms with Crippen molar-refractivity contribution in [1.29, 1.82) is 0 Å². The molecule has 0 atom stereocenters. The summed E-state index contributed by atoms with van der Waals surface area (Å²) in [5.41, 5.74) is 4.65. The molecule has 0 bridgehead atoms. The van der Waals surface area contributed by atoms with Gasteiger partial charge in [0.15, 0.2) is 0 Å². The van der Waals surface area contributed by atoms with Crippen LogP contribution >= 0.6 is 11.3 Å². The molecule has 0 spiro atoms. The molecule has 0 saturated heterocycles. The van der Waals surface area contributed by atoms with Gasteiger partial charge in [-0.2, -0.15) is 0 Å². The molecule has 0 aliphatic heterocycles. The summed E-state index contributed by atoms with van der Waals surface area (Å²) in [5.74, 6) is 0. The minimum absolute atomic E-state index is 0.889. The topological polar surface area (TPSA) is 38.7 Å². The molecule has 4 heteroatoms. The van der Waals surface area contributed by atoms with E-state index in [4.69, 9.17) is 15.0 Å². The molecule has 0 amide bonds. The van der Waals surface area contributed by atoms with E-state index in [0.717, 1.165) is 48.1 Å². The molecule has 6 rings (SSSR count). The van der Waals surface area contributed by atoms with Crippen molar-refractivity contribution in [1.82, 2.24) is 15.0 Å². The smallest absolute Gasteiger partial charge is 0.117 e. The fourth-order valence-electron chi connectivity index (χ4n) is 3.84. The maximum atomic E-state index is 5.08. The van der Waals surface area contributed by atoms with Crippen molar-refractivity contribution in [3.8, 4) is 0 Å². The van der Waals surface area contributed by atoms with E-state index in [-0.39, 0.29) is 0 Å². The normalized spacial score (nSPS) is 12.0. The van der Waals surface area contributed by atoms with Gasteiger partial charge in [-0.25, -0.2) is 15.0 Å². The maximum absolute atomic E-state index is 5.08. The predicted octanol–water partition coefficient (Wildman–Crippen LogP) is 6.01. The lowest BCUT2D eigenvalue weighted by Crippen LogP contribution is -1.92. The van der Waals surface area contributed by atoms with Gasteiger partial charge in [0.25, 0.3) is 0 Å². The van der Waals surface area contributed by atoms with E-state index in [0.29, 0.717) is 0 Å². The summed E-state index contributed by atoms with van der Waals surface area (Å²) in [6.45, 7) is 2.04. The number of nitrogens with zero attached hydrogens (tertiary/aromatic N) is 3. The maximum Gasteiger partial charge on any atom is 0.117 e. The standard InChI is InChI=1S/C22H13N3S/c1-12-23-22-18(26-12)11-10-17-21(22)25-20-16-9-5-3-7-14(16)13-6-2-4-8-15(13)19(20)24-17/h2-11H,1H3. The highest BCUT2D eigenvalue weighted by Crippen LogP contribution is 2.35. The minimum Gasteiger partial charge on any atom is -0.244 e. The van der Waals surface area contributed by atoms with Crippen LogP contribution in [0.4, 0.5) is 0 Å². The van der Waals surface area contributed by atoms with E-state index in [9.17, 15) is 0 Å². The first kappa shape index (κ1) is 14.1. The molecule has 2 aromatic heterocycles. The van der Waals surface area contributed by atoms with Crippen LogP contribution < -0.4 is 0 Å². The number of fused-ring (bicyclic) bond motifs is 9. The third kappa shape index (κ3) is 1.79. The van der Waals surface area contributed by atoms with Gasteiger partial charge >= 0.3 is 0 Å². The number of thiazole rings is 1. The number of aryl methyl sites for hydroxylation is 1. The Morgan fingerprint density at radius 2 is 1.19 bits per heavy atom.